The smallest absolute Gasteiger partial charge is 0.233 e. The van der Waals surface area contributed by atoms with E-state index in [0.717, 1.165) is 10.6 Å². The van der Waals surface area contributed by atoms with E-state index in [-0.39, 0.29) is 5.95 Å². The molecule has 0 bridgehead atoms. The van der Waals surface area contributed by atoms with Crippen LogP contribution in [-0.2, 0) is 0 Å². The van der Waals surface area contributed by atoms with Gasteiger partial charge in [-0.1, -0.05) is 0 Å². The normalized spacial score (nSPS) is 10.4. The van der Waals surface area contributed by atoms with Crippen LogP contribution in [0.2, 0.25) is 0 Å². The fourth-order valence-electron chi connectivity index (χ4n) is 1.66. The Morgan fingerprint density at radius 1 is 1.20 bits per heavy atom. The van der Waals surface area contributed by atoms with Crippen molar-refractivity contribution in [1.29, 1.82) is 0 Å². The van der Waals surface area contributed by atoms with E-state index < -0.39 is 0 Å². The zero-order valence-corrected chi connectivity index (χ0v) is 11.3. The molecule has 3 aromatic heterocycles. The number of nitrogens with zero attached hydrogens (tertiary/aromatic N) is 5. The molecule has 0 saturated heterocycles. The zero-order valence-electron chi connectivity index (χ0n) is 10.5. The van der Waals surface area contributed by atoms with E-state index in [1.807, 2.05) is 5.38 Å². The number of aromatic nitrogens is 5. The molecule has 0 aliphatic carbocycles. The monoisotopic (exact) mass is 286 g/mol. The van der Waals surface area contributed by atoms with E-state index >= 15 is 0 Å². The van der Waals surface area contributed by atoms with Crippen molar-refractivity contribution in [2.75, 3.05) is 12.8 Å². The van der Waals surface area contributed by atoms with Gasteiger partial charge in [0, 0.05) is 29.4 Å². The van der Waals surface area contributed by atoms with Gasteiger partial charge in [0.25, 0.3) is 0 Å². The molecule has 3 rings (SSSR count). The van der Waals surface area contributed by atoms with Gasteiger partial charge in [0.15, 0.2) is 0 Å². The van der Waals surface area contributed by atoms with Gasteiger partial charge in [-0.25, -0.2) is 15.0 Å². The highest BCUT2D eigenvalue weighted by atomic mass is 32.1. The maximum absolute atomic E-state index is 5.66. The molecule has 2 N–H and O–H groups in total. The Morgan fingerprint density at radius 3 is 2.75 bits per heavy atom. The molecule has 0 fully saturated rings. The van der Waals surface area contributed by atoms with Crippen molar-refractivity contribution in [3.63, 3.8) is 0 Å². The first kappa shape index (κ1) is 12.4. The molecule has 0 amide bonds. The number of anilines is 1. The van der Waals surface area contributed by atoms with Crippen molar-refractivity contribution < 1.29 is 4.74 Å². The van der Waals surface area contributed by atoms with Crippen molar-refractivity contribution in [3.05, 3.63) is 29.9 Å². The number of ether oxygens (including phenoxy) is 1. The second-order valence-electron chi connectivity index (χ2n) is 3.79. The molecule has 0 atom stereocenters. The van der Waals surface area contributed by atoms with Gasteiger partial charge in [0.05, 0.1) is 12.8 Å². The summed E-state index contributed by atoms with van der Waals surface area (Å²) in [5.41, 5.74) is 7.66. The lowest BCUT2D eigenvalue weighted by Crippen LogP contribution is -2.00. The maximum Gasteiger partial charge on any atom is 0.233 e. The molecule has 0 aliphatic rings. The number of thiazole rings is 1. The first-order chi connectivity index (χ1) is 9.78. The predicted molar refractivity (Wildman–Crippen MR) is 75.1 cm³/mol. The van der Waals surface area contributed by atoms with Gasteiger partial charge in [0.2, 0.25) is 11.8 Å². The van der Waals surface area contributed by atoms with Crippen LogP contribution in [0.4, 0.5) is 5.95 Å². The van der Waals surface area contributed by atoms with Gasteiger partial charge in [-0.2, -0.15) is 0 Å². The predicted octanol–water partition coefficient (Wildman–Crippen LogP) is 1.65. The number of hydrogen-bond donors (Lipinski definition) is 1. The molecule has 7 nitrogen and oxygen atoms in total. The Labute approximate surface area is 118 Å². The first-order valence-electron chi connectivity index (χ1n) is 5.68. The van der Waals surface area contributed by atoms with E-state index in [9.17, 15) is 0 Å². The third-order valence-electron chi connectivity index (χ3n) is 2.57. The molecule has 0 aliphatic heterocycles. The standard InChI is InChI=1S/C12H10N6OS/c1-19-9-3-2-8(17-18-9)7-6-15-12(13)16-10(7)11-14-4-5-20-11/h2-6H,1H3,(H2,13,15,16). The van der Waals surface area contributed by atoms with Crippen LogP contribution in [0.5, 0.6) is 5.88 Å². The van der Waals surface area contributed by atoms with Crippen LogP contribution in [0, 0.1) is 0 Å². The molecular formula is C12H10N6OS. The average molecular weight is 286 g/mol. The molecule has 0 unspecified atom stereocenters. The highest BCUT2D eigenvalue weighted by molar-refractivity contribution is 7.13. The molecule has 0 spiro atoms. The van der Waals surface area contributed by atoms with Crippen molar-refractivity contribution in [1.82, 2.24) is 25.1 Å². The molecule has 0 saturated carbocycles. The lowest BCUT2D eigenvalue weighted by Gasteiger charge is -2.06. The summed E-state index contributed by atoms with van der Waals surface area (Å²) in [6, 6.07) is 3.52. The SMILES string of the molecule is COc1ccc(-c2cnc(N)nc2-c2nccs2)nn1. The van der Waals surface area contributed by atoms with Crippen LogP contribution in [0.25, 0.3) is 22.0 Å². The highest BCUT2D eigenvalue weighted by Gasteiger charge is 2.14. The molecular weight excluding hydrogens is 276 g/mol. The van der Waals surface area contributed by atoms with Gasteiger partial charge in [0.1, 0.15) is 10.7 Å². The fraction of sp³-hybridized carbons (Fsp3) is 0.0833. The number of hydrogen-bond acceptors (Lipinski definition) is 8. The van der Waals surface area contributed by atoms with E-state index in [1.165, 1.54) is 18.4 Å². The van der Waals surface area contributed by atoms with E-state index in [1.54, 1.807) is 24.5 Å². The Morgan fingerprint density at radius 2 is 2.10 bits per heavy atom. The quantitative estimate of drug-likeness (QED) is 0.781. The Bertz CT molecular complexity index is 713. The molecule has 20 heavy (non-hydrogen) atoms. The van der Waals surface area contributed by atoms with Gasteiger partial charge < -0.3 is 10.5 Å². The van der Waals surface area contributed by atoms with Crippen LogP contribution in [0.3, 0.4) is 0 Å². The van der Waals surface area contributed by atoms with Crippen LogP contribution in [0.1, 0.15) is 0 Å². The van der Waals surface area contributed by atoms with E-state index in [4.69, 9.17) is 10.5 Å². The summed E-state index contributed by atoms with van der Waals surface area (Å²) in [7, 11) is 1.54. The first-order valence-corrected chi connectivity index (χ1v) is 6.56. The van der Waals surface area contributed by atoms with Crippen molar-refractivity contribution in [2.45, 2.75) is 0 Å². The minimum absolute atomic E-state index is 0.195. The lowest BCUT2D eigenvalue weighted by molar-refractivity contribution is 0.392. The molecule has 3 aromatic rings. The number of methoxy groups -OCH3 is 1. The van der Waals surface area contributed by atoms with Gasteiger partial charge in [-0.15, -0.1) is 21.5 Å². The van der Waals surface area contributed by atoms with Crippen LogP contribution >= 0.6 is 11.3 Å². The summed E-state index contributed by atoms with van der Waals surface area (Å²) < 4.78 is 4.99. The highest BCUT2D eigenvalue weighted by Crippen LogP contribution is 2.30. The second-order valence-corrected chi connectivity index (χ2v) is 4.68. The second kappa shape index (κ2) is 5.17. The molecule has 0 aromatic carbocycles. The third-order valence-corrected chi connectivity index (χ3v) is 3.35. The Hall–Kier alpha value is -2.61. The summed E-state index contributed by atoms with van der Waals surface area (Å²) >= 11 is 1.47. The van der Waals surface area contributed by atoms with Crippen LogP contribution in [-0.4, -0.2) is 32.3 Å². The molecule has 0 radical (unpaired) electrons. The fourth-order valence-corrected chi connectivity index (χ4v) is 2.30. The zero-order chi connectivity index (χ0) is 13.9. The number of nitrogen functional groups attached to an aromatic ring is 1. The summed E-state index contributed by atoms with van der Waals surface area (Å²) in [6.07, 6.45) is 3.33. The minimum Gasteiger partial charge on any atom is -0.480 e. The lowest BCUT2D eigenvalue weighted by atomic mass is 10.1. The maximum atomic E-state index is 5.66. The van der Waals surface area contributed by atoms with Crippen molar-refractivity contribution in [2.24, 2.45) is 0 Å². The summed E-state index contributed by atoms with van der Waals surface area (Å²) in [4.78, 5) is 12.5. The van der Waals surface area contributed by atoms with Crippen molar-refractivity contribution in [3.8, 4) is 27.8 Å². The Kier molecular flexibility index (Phi) is 3.21. The topological polar surface area (TPSA) is 99.7 Å². The number of nitrogens with two attached hydrogens (primary N) is 1. The number of rotatable bonds is 3. The summed E-state index contributed by atoms with van der Waals surface area (Å²) in [5, 5.41) is 10.7. The van der Waals surface area contributed by atoms with Gasteiger partial charge in [-0.3, -0.25) is 0 Å². The largest absolute Gasteiger partial charge is 0.480 e. The van der Waals surface area contributed by atoms with Crippen LogP contribution in [0.15, 0.2) is 29.9 Å². The van der Waals surface area contributed by atoms with Crippen LogP contribution < -0.4 is 10.5 Å². The van der Waals surface area contributed by atoms with Gasteiger partial charge >= 0.3 is 0 Å². The minimum atomic E-state index is 0.195. The molecule has 3 heterocycles. The molecule has 8 heteroatoms. The van der Waals surface area contributed by atoms with Gasteiger partial charge in [-0.05, 0) is 6.07 Å². The van der Waals surface area contributed by atoms with Crippen molar-refractivity contribution >= 4 is 17.3 Å². The summed E-state index contributed by atoms with van der Waals surface area (Å²) in [6.45, 7) is 0. The van der Waals surface area contributed by atoms with E-state index in [0.29, 0.717) is 17.3 Å². The molecule has 100 valence electrons. The van der Waals surface area contributed by atoms with E-state index in [2.05, 4.69) is 25.1 Å². The summed E-state index contributed by atoms with van der Waals surface area (Å²) in [5.74, 6) is 0.640. The Balaban J connectivity index is 2.13. The third kappa shape index (κ3) is 2.28. The average Bonchev–Trinajstić information content (AvgIpc) is 3.01.